The highest BCUT2D eigenvalue weighted by molar-refractivity contribution is 5.71. The van der Waals surface area contributed by atoms with Crippen molar-refractivity contribution in [2.75, 3.05) is 13.2 Å². The topological polar surface area (TPSA) is 78.9 Å². The molecule has 0 aromatic carbocycles. The summed E-state index contributed by atoms with van der Waals surface area (Å²) in [5.41, 5.74) is 0. The smallest absolute Gasteiger partial charge is 0.306 e. The number of hydrogen-bond donors (Lipinski definition) is 0. The fraction of sp³-hybridized carbons (Fsp3) is 0.827. The number of rotatable bonds is 66. The Bertz CT molecular complexity index is 1440. The van der Waals surface area contributed by atoms with E-state index in [0.29, 0.717) is 19.3 Å². The van der Waals surface area contributed by atoms with Gasteiger partial charge in [0.1, 0.15) is 13.2 Å². The van der Waals surface area contributed by atoms with Crippen molar-refractivity contribution in [2.24, 2.45) is 0 Å². The molecule has 1 atom stereocenters. The summed E-state index contributed by atoms with van der Waals surface area (Å²) >= 11 is 0. The first-order valence-corrected chi connectivity index (χ1v) is 35.8. The minimum atomic E-state index is -0.775. The Labute approximate surface area is 504 Å². The van der Waals surface area contributed by atoms with E-state index in [1.54, 1.807) is 0 Å². The minimum Gasteiger partial charge on any atom is -0.462 e. The van der Waals surface area contributed by atoms with Crippen molar-refractivity contribution in [3.8, 4) is 0 Å². The zero-order chi connectivity index (χ0) is 58.5. The molecule has 1 unspecified atom stereocenters. The zero-order valence-electron chi connectivity index (χ0n) is 54.3. The predicted octanol–water partition coefficient (Wildman–Crippen LogP) is 24.7. The third-order valence-electron chi connectivity index (χ3n) is 16.0. The second kappa shape index (κ2) is 69.6. The van der Waals surface area contributed by atoms with Crippen LogP contribution in [0.1, 0.15) is 380 Å². The van der Waals surface area contributed by atoms with Gasteiger partial charge in [0.05, 0.1) is 0 Å². The second-order valence-electron chi connectivity index (χ2n) is 24.1. The third-order valence-corrected chi connectivity index (χ3v) is 16.0. The molecule has 0 saturated carbocycles. The van der Waals surface area contributed by atoms with Crippen LogP contribution >= 0.6 is 0 Å². The molecular formula is C75H136O6. The van der Waals surface area contributed by atoms with Gasteiger partial charge in [-0.15, -0.1) is 0 Å². The molecule has 0 aromatic rings. The largest absolute Gasteiger partial charge is 0.462 e. The molecule has 0 heterocycles. The van der Waals surface area contributed by atoms with Gasteiger partial charge in [-0.1, -0.05) is 332 Å². The Hall–Kier alpha value is -2.89. The molecule has 0 aliphatic rings. The summed E-state index contributed by atoms with van der Waals surface area (Å²) in [7, 11) is 0. The molecule has 0 N–H and O–H groups in total. The molecule has 0 spiro atoms. The van der Waals surface area contributed by atoms with Crippen molar-refractivity contribution in [3.63, 3.8) is 0 Å². The standard InChI is InChI=1S/C75H136O6/c1-4-7-10-13-16-18-20-22-24-26-28-30-32-33-34-35-36-37-38-39-40-41-43-44-46-48-50-52-54-56-59-62-65-68-74(77)80-71-72(70-79-73(76)67-64-61-58-15-12-9-6-3)81-75(78)69-66-63-60-57-55-53-51-49-47-45-42-31-29-27-25-23-21-19-17-14-11-8-5-2/h20-23,26-29,42,45,72H,4-19,24-25,30-41,43-44,46-71H2,1-3H3/b22-20-,23-21-,28-26-,29-27-,45-42-. The van der Waals surface area contributed by atoms with E-state index in [1.165, 1.54) is 257 Å². The number of unbranched alkanes of at least 4 members (excludes halogenated alkanes) is 45. The number of ether oxygens (including phenoxy) is 3. The average molecular weight is 1130 g/mol. The minimum absolute atomic E-state index is 0.0728. The van der Waals surface area contributed by atoms with Gasteiger partial charge >= 0.3 is 17.9 Å². The Kier molecular flexibility index (Phi) is 67.1. The molecule has 81 heavy (non-hydrogen) atoms. The summed E-state index contributed by atoms with van der Waals surface area (Å²) in [4.78, 5) is 38.2. The molecule has 0 aliphatic carbocycles. The van der Waals surface area contributed by atoms with E-state index in [-0.39, 0.29) is 31.1 Å². The molecule has 0 fully saturated rings. The average Bonchev–Trinajstić information content (AvgIpc) is 3.46. The van der Waals surface area contributed by atoms with Crippen LogP contribution in [0, 0.1) is 0 Å². The van der Waals surface area contributed by atoms with Crippen molar-refractivity contribution >= 4 is 17.9 Å². The van der Waals surface area contributed by atoms with Gasteiger partial charge in [-0.3, -0.25) is 14.4 Å². The summed E-state index contributed by atoms with van der Waals surface area (Å²) in [6, 6.07) is 0. The lowest BCUT2D eigenvalue weighted by Crippen LogP contribution is -2.30. The van der Waals surface area contributed by atoms with Gasteiger partial charge in [-0.25, -0.2) is 0 Å². The molecule has 6 heteroatoms. The van der Waals surface area contributed by atoms with Crippen LogP contribution in [-0.4, -0.2) is 37.2 Å². The van der Waals surface area contributed by atoms with Crippen LogP contribution in [0.25, 0.3) is 0 Å². The molecule has 6 nitrogen and oxygen atoms in total. The first-order valence-electron chi connectivity index (χ1n) is 35.8. The maximum absolute atomic E-state index is 12.9. The molecule has 0 bridgehead atoms. The van der Waals surface area contributed by atoms with Gasteiger partial charge in [0, 0.05) is 19.3 Å². The van der Waals surface area contributed by atoms with Crippen LogP contribution < -0.4 is 0 Å². The van der Waals surface area contributed by atoms with E-state index < -0.39 is 6.10 Å². The molecule has 0 saturated heterocycles. The normalized spacial score (nSPS) is 12.4. The third kappa shape index (κ3) is 67.8. The number of hydrogen-bond acceptors (Lipinski definition) is 6. The number of esters is 3. The number of carbonyl (C=O) groups is 3. The summed E-state index contributed by atoms with van der Waals surface area (Å²) in [6.45, 7) is 6.62. The van der Waals surface area contributed by atoms with Gasteiger partial charge in [0.15, 0.2) is 6.10 Å². The van der Waals surface area contributed by atoms with Crippen LogP contribution in [0.2, 0.25) is 0 Å². The van der Waals surface area contributed by atoms with Crippen molar-refractivity contribution in [1.29, 1.82) is 0 Å². The summed E-state index contributed by atoms with van der Waals surface area (Å²) in [5, 5.41) is 0. The van der Waals surface area contributed by atoms with E-state index in [4.69, 9.17) is 14.2 Å². The van der Waals surface area contributed by atoms with Crippen molar-refractivity contribution in [2.45, 2.75) is 386 Å². The fourth-order valence-corrected chi connectivity index (χ4v) is 10.6. The Morgan fingerprint density at radius 2 is 0.444 bits per heavy atom. The lowest BCUT2D eigenvalue weighted by atomic mass is 10.0. The van der Waals surface area contributed by atoms with E-state index in [2.05, 4.69) is 81.5 Å². The maximum atomic E-state index is 12.9. The predicted molar refractivity (Wildman–Crippen MR) is 353 cm³/mol. The number of allylic oxidation sites excluding steroid dienone is 10. The Balaban J connectivity index is 4.01. The summed E-state index contributed by atoms with van der Waals surface area (Å²) in [5.74, 6) is -0.866. The van der Waals surface area contributed by atoms with E-state index >= 15 is 0 Å². The molecule has 0 aliphatic heterocycles. The number of carbonyl (C=O) groups excluding carboxylic acids is 3. The van der Waals surface area contributed by atoms with Gasteiger partial charge in [0.2, 0.25) is 0 Å². The van der Waals surface area contributed by atoms with E-state index in [9.17, 15) is 14.4 Å². The molecule has 472 valence electrons. The van der Waals surface area contributed by atoms with Gasteiger partial charge in [0.25, 0.3) is 0 Å². The lowest BCUT2D eigenvalue weighted by molar-refractivity contribution is -0.167. The Morgan fingerprint density at radius 3 is 0.691 bits per heavy atom. The van der Waals surface area contributed by atoms with Crippen LogP contribution in [0.3, 0.4) is 0 Å². The highest BCUT2D eigenvalue weighted by Gasteiger charge is 2.19. The maximum Gasteiger partial charge on any atom is 0.306 e. The zero-order valence-corrected chi connectivity index (χ0v) is 54.3. The molecule has 0 rings (SSSR count). The molecule has 0 aromatic heterocycles. The molecule has 0 radical (unpaired) electrons. The quantitative estimate of drug-likeness (QED) is 0.0261. The van der Waals surface area contributed by atoms with Crippen LogP contribution in [0.15, 0.2) is 60.8 Å². The van der Waals surface area contributed by atoms with Crippen LogP contribution in [0.5, 0.6) is 0 Å². The SMILES string of the molecule is CCCCCCC/C=C\C/C=C\C/C=C\CCCCCCCCCCC(=O)OC(COC(=O)CCCCCCCCC)COC(=O)CCCCCCCCCCCCCCCCCCCCCCC/C=C\C/C=C\CCCCCCC. The van der Waals surface area contributed by atoms with Crippen molar-refractivity contribution in [1.82, 2.24) is 0 Å². The second-order valence-corrected chi connectivity index (χ2v) is 24.1. The van der Waals surface area contributed by atoms with Crippen LogP contribution in [-0.2, 0) is 28.6 Å². The van der Waals surface area contributed by atoms with E-state index in [1.807, 2.05) is 0 Å². The molecule has 0 amide bonds. The monoisotopic (exact) mass is 1130 g/mol. The van der Waals surface area contributed by atoms with E-state index in [0.717, 1.165) is 83.5 Å². The Morgan fingerprint density at radius 1 is 0.247 bits per heavy atom. The first kappa shape index (κ1) is 78.1. The van der Waals surface area contributed by atoms with Crippen molar-refractivity contribution < 1.29 is 28.6 Å². The van der Waals surface area contributed by atoms with Gasteiger partial charge in [-0.05, 0) is 89.9 Å². The van der Waals surface area contributed by atoms with Gasteiger partial charge < -0.3 is 14.2 Å². The summed E-state index contributed by atoms with van der Waals surface area (Å²) < 4.78 is 16.9. The van der Waals surface area contributed by atoms with Gasteiger partial charge in [-0.2, -0.15) is 0 Å². The summed E-state index contributed by atoms with van der Waals surface area (Å²) in [6.07, 6.45) is 90.0. The fourth-order valence-electron chi connectivity index (χ4n) is 10.6. The highest BCUT2D eigenvalue weighted by atomic mass is 16.6. The highest BCUT2D eigenvalue weighted by Crippen LogP contribution is 2.18. The first-order chi connectivity index (χ1) is 40.0. The molecular weight excluding hydrogens is 997 g/mol. The van der Waals surface area contributed by atoms with Crippen LogP contribution in [0.4, 0.5) is 0 Å². The van der Waals surface area contributed by atoms with Crippen molar-refractivity contribution in [3.05, 3.63) is 60.8 Å². The lowest BCUT2D eigenvalue weighted by Gasteiger charge is -2.18.